The summed E-state index contributed by atoms with van der Waals surface area (Å²) in [6.07, 6.45) is 1.40. The van der Waals surface area contributed by atoms with E-state index in [0.717, 1.165) is 10.0 Å². The van der Waals surface area contributed by atoms with Crippen LogP contribution in [-0.2, 0) is 19.7 Å². The Bertz CT molecular complexity index is 595. The summed E-state index contributed by atoms with van der Waals surface area (Å²) in [4.78, 5) is 24.5. The van der Waals surface area contributed by atoms with E-state index in [9.17, 15) is 9.59 Å². The number of esters is 1. The largest absolute Gasteiger partial charge is 0.465 e. The van der Waals surface area contributed by atoms with Crippen LogP contribution in [0.3, 0.4) is 0 Å². The van der Waals surface area contributed by atoms with Gasteiger partial charge in [0.1, 0.15) is 5.60 Å². The Hall–Kier alpha value is -1.56. The van der Waals surface area contributed by atoms with Crippen molar-refractivity contribution in [2.24, 2.45) is 0 Å². The molecule has 0 bridgehead atoms. The quantitative estimate of drug-likeness (QED) is 0.469. The molecule has 0 saturated heterocycles. The molecule has 1 aromatic carbocycles. The average molecular weight is 428 g/mol. The number of alkyl carbamates (subject to hydrolysis) is 1. The standard InChI is InChI=1S/C20H30BrNO4/c1-6-20(17(23)25-7-2,15-9-11-16(21)12-10-15)13-8-14-22-18(24)26-19(3,4)5/h9-12H,6-8,13-14H2,1-5H3,(H,22,24). The van der Waals surface area contributed by atoms with Crippen molar-refractivity contribution in [3.8, 4) is 0 Å². The predicted molar refractivity (Wildman–Crippen MR) is 106 cm³/mol. The minimum Gasteiger partial charge on any atom is -0.465 e. The Morgan fingerprint density at radius 3 is 2.23 bits per heavy atom. The second-order valence-electron chi connectivity index (χ2n) is 7.20. The molecule has 146 valence electrons. The van der Waals surface area contributed by atoms with Crippen LogP contribution in [-0.4, -0.2) is 30.8 Å². The van der Waals surface area contributed by atoms with Crippen LogP contribution in [0.25, 0.3) is 0 Å². The number of carbonyl (C=O) groups is 2. The fraction of sp³-hybridized carbons (Fsp3) is 0.600. The summed E-state index contributed by atoms with van der Waals surface area (Å²) >= 11 is 3.43. The van der Waals surface area contributed by atoms with Gasteiger partial charge < -0.3 is 14.8 Å². The van der Waals surface area contributed by atoms with Gasteiger partial charge in [-0.3, -0.25) is 4.79 Å². The van der Waals surface area contributed by atoms with E-state index >= 15 is 0 Å². The number of nitrogens with one attached hydrogen (secondary N) is 1. The van der Waals surface area contributed by atoms with Crippen LogP contribution < -0.4 is 5.32 Å². The molecule has 1 unspecified atom stereocenters. The molecular formula is C20H30BrNO4. The van der Waals surface area contributed by atoms with Gasteiger partial charge in [-0.25, -0.2) is 4.79 Å². The first-order valence-corrected chi connectivity index (χ1v) is 9.84. The molecule has 1 rings (SSSR count). The van der Waals surface area contributed by atoms with Gasteiger partial charge >= 0.3 is 12.1 Å². The number of hydrogen-bond acceptors (Lipinski definition) is 4. The number of rotatable bonds is 8. The third kappa shape index (κ3) is 6.63. The van der Waals surface area contributed by atoms with Gasteiger partial charge in [0.25, 0.3) is 0 Å². The van der Waals surface area contributed by atoms with Crippen molar-refractivity contribution in [3.63, 3.8) is 0 Å². The number of carbonyl (C=O) groups excluding carboxylic acids is 2. The molecule has 1 N–H and O–H groups in total. The molecule has 0 aliphatic carbocycles. The minimum atomic E-state index is -0.716. The predicted octanol–water partition coefficient (Wildman–Crippen LogP) is 4.96. The smallest absolute Gasteiger partial charge is 0.407 e. The van der Waals surface area contributed by atoms with Gasteiger partial charge in [-0.15, -0.1) is 0 Å². The van der Waals surface area contributed by atoms with Gasteiger partial charge in [-0.2, -0.15) is 0 Å². The van der Waals surface area contributed by atoms with Crippen molar-refractivity contribution in [3.05, 3.63) is 34.3 Å². The Labute approximate surface area is 165 Å². The van der Waals surface area contributed by atoms with Crippen LogP contribution >= 0.6 is 15.9 Å². The number of amides is 1. The van der Waals surface area contributed by atoms with E-state index in [1.165, 1.54) is 0 Å². The van der Waals surface area contributed by atoms with Gasteiger partial charge in [-0.05, 0) is 64.7 Å². The van der Waals surface area contributed by atoms with Crippen LogP contribution in [0.2, 0.25) is 0 Å². The molecule has 0 heterocycles. The summed E-state index contributed by atoms with van der Waals surface area (Å²) < 4.78 is 11.6. The van der Waals surface area contributed by atoms with E-state index in [1.54, 1.807) is 0 Å². The van der Waals surface area contributed by atoms with E-state index in [-0.39, 0.29) is 5.97 Å². The molecule has 1 aromatic rings. The normalized spacial score (nSPS) is 13.6. The van der Waals surface area contributed by atoms with E-state index in [4.69, 9.17) is 9.47 Å². The maximum absolute atomic E-state index is 12.8. The van der Waals surface area contributed by atoms with E-state index in [2.05, 4.69) is 21.2 Å². The van der Waals surface area contributed by atoms with Crippen LogP contribution in [0, 0.1) is 0 Å². The van der Waals surface area contributed by atoms with Crippen LogP contribution in [0.4, 0.5) is 4.79 Å². The monoisotopic (exact) mass is 427 g/mol. The first kappa shape index (κ1) is 22.5. The van der Waals surface area contributed by atoms with E-state index in [0.29, 0.717) is 32.4 Å². The summed E-state index contributed by atoms with van der Waals surface area (Å²) in [5.74, 6) is -0.220. The lowest BCUT2D eigenvalue weighted by molar-refractivity contribution is -0.150. The van der Waals surface area contributed by atoms with Crippen molar-refractivity contribution < 1.29 is 19.1 Å². The minimum absolute atomic E-state index is 0.220. The van der Waals surface area contributed by atoms with Crippen molar-refractivity contribution in [2.45, 2.75) is 64.9 Å². The lowest BCUT2D eigenvalue weighted by Crippen LogP contribution is -2.38. The number of halogens is 1. The second-order valence-corrected chi connectivity index (χ2v) is 8.11. The average Bonchev–Trinajstić information content (AvgIpc) is 2.55. The van der Waals surface area contributed by atoms with E-state index < -0.39 is 17.1 Å². The van der Waals surface area contributed by atoms with E-state index in [1.807, 2.05) is 58.9 Å². The summed E-state index contributed by atoms with van der Waals surface area (Å²) in [7, 11) is 0. The van der Waals surface area contributed by atoms with Gasteiger partial charge in [0, 0.05) is 11.0 Å². The lowest BCUT2D eigenvalue weighted by atomic mass is 9.74. The summed E-state index contributed by atoms with van der Waals surface area (Å²) in [6.45, 7) is 10.0. The molecule has 1 amide bonds. The van der Waals surface area contributed by atoms with Crippen LogP contribution in [0.15, 0.2) is 28.7 Å². The Kier molecular flexibility index (Phi) is 8.60. The van der Waals surface area contributed by atoms with Crippen molar-refractivity contribution in [1.82, 2.24) is 5.32 Å². The van der Waals surface area contributed by atoms with Crippen LogP contribution in [0.5, 0.6) is 0 Å². The third-order valence-electron chi connectivity index (χ3n) is 4.12. The van der Waals surface area contributed by atoms with Crippen molar-refractivity contribution in [1.29, 1.82) is 0 Å². The first-order chi connectivity index (χ1) is 12.1. The lowest BCUT2D eigenvalue weighted by Gasteiger charge is -2.31. The molecule has 1 atom stereocenters. The molecular weight excluding hydrogens is 398 g/mol. The summed E-state index contributed by atoms with van der Waals surface area (Å²) in [5.41, 5.74) is -0.315. The molecule has 0 saturated carbocycles. The third-order valence-corrected chi connectivity index (χ3v) is 4.64. The fourth-order valence-electron chi connectivity index (χ4n) is 2.82. The zero-order valence-electron chi connectivity index (χ0n) is 16.4. The SMILES string of the molecule is CCOC(=O)C(CC)(CCCNC(=O)OC(C)(C)C)c1ccc(Br)cc1. The number of ether oxygens (including phenoxy) is 2. The van der Waals surface area contributed by atoms with Gasteiger partial charge in [-0.1, -0.05) is 35.0 Å². The molecule has 0 spiro atoms. The zero-order chi connectivity index (χ0) is 19.8. The molecule has 0 aliphatic rings. The number of hydrogen-bond donors (Lipinski definition) is 1. The number of benzene rings is 1. The molecule has 0 radical (unpaired) electrons. The molecule has 5 nitrogen and oxygen atoms in total. The Balaban J connectivity index is 2.82. The second kappa shape index (κ2) is 9.95. The molecule has 0 fully saturated rings. The molecule has 0 aromatic heterocycles. The highest BCUT2D eigenvalue weighted by molar-refractivity contribution is 9.10. The highest BCUT2D eigenvalue weighted by Crippen LogP contribution is 2.35. The fourth-order valence-corrected chi connectivity index (χ4v) is 3.09. The zero-order valence-corrected chi connectivity index (χ0v) is 17.9. The van der Waals surface area contributed by atoms with Gasteiger partial charge in [0.15, 0.2) is 0 Å². The van der Waals surface area contributed by atoms with Gasteiger partial charge in [0.05, 0.1) is 12.0 Å². The van der Waals surface area contributed by atoms with Gasteiger partial charge in [0.2, 0.25) is 0 Å². The molecule has 6 heteroatoms. The highest BCUT2D eigenvalue weighted by Gasteiger charge is 2.39. The maximum Gasteiger partial charge on any atom is 0.407 e. The summed E-state index contributed by atoms with van der Waals surface area (Å²) in [5, 5.41) is 2.75. The Morgan fingerprint density at radius 1 is 1.12 bits per heavy atom. The van der Waals surface area contributed by atoms with Crippen molar-refractivity contribution >= 4 is 28.0 Å². The Morgan fingerprint density at radius 2 is 1.73 bits per heavy atom. The van der Waals surface area contributed by atoms with Crippen molar-refractivity contribution in [2.75, 3.05) is 13.2 Å². The van der Waals surface area contributed by atoms with Crippen LogP contribution in [0.1, 0.15) is 59.4 Å². The highest BCUT2D eigenvalue weighted by atomic mass is 79.9. The summed E-state index contributed by atoms with van der Waals surface area (Å²) in [6, 6.07) is 7.76. The topological polar surface area (TPSA) is 64.6 Å². The molecule has 26 heavy (non-hydrogen) atoms. The maximum atomic E-state index is 12.8. The first-order valence-electron chi connectivity index (χ1n) is 9.04. The molecule has 0 aliphatic heterocycles.